The molecule has 0 amide bonds. The van der Waals surface area contributed by atoms with Gasteiger partial charge in [0.05, 0.1) is 0 Å². The Morgan fingerprint density at radius 3 is 2.46 bits per heavy atom. The molecule has 4 rings (SSSR count). The Morgan fingerprint density at radius 2 is 1.58 bits per heavy atom. The quantitative estimate of drug-likeness (QED) is 0.626. The van der Waals surface area contributed by atoms with E-state index in [0.29, 0.717) is 0 Å². The zero-order valence-corrected chi connectivity index (χ0v) is 13.6. The fourth-order valence-corrected chi connectivity index (χ4v) is 3.65. The van der Waals surface area contributed by atoms with Crippen LogP contribution < -0.4 is 0 Å². The second-order valence-electron chi connectivity index (χ2n) is 6.52. The van der Waals surface area contributed by atoms with Crippen LogP contribution in [0.5, 0.6) is 0 Å². The predicted octanol–water partition coefficient (Wildman–Crippen LogP) is 5.45. The Labute approximate surface area is 142 Å². The first kappa shape index (κ1) is 14.9. The van der Waals surface area contributed by atoms with Gasteiger partial charge >= 0.3 is 0 Å². The van der Waals surface area contributed by atoms with E-state index < -0.39 is 0 Å². The predicted molar refractivity (Wildman–Crippen MR) is 99.8 cm³/mol. The second-order valence-corrected chi connectivity index (χ2v) is 6.52. The van der Waals surface area contributed by atoms with E-state index in [1.165, 1.54) is 27.5 Å². The smallest absolute Gasteiger partial charge is 0.159 e. The lowest BCUT2D eigenvalue weighted by Gasteiger charge is -2.11. The van der Waals surface area contributed by atoms with Crippen LogP contribution in [0.15, 0.2) is 78.9 Å². The van der Waals surface area contributed by atoms with E-state index in [9.17, 15) is 4.79 Å². The highest BCUT2D eigenvalue weighted by atomic mass is 16.1. The molecule has 0 bridgehead atoms. The second kappa shape index (κ2) is 6.45. The van der Waals surface area contributed by atoms with Gasteiger partial charge in [-0.1, -0.05) is 72.8 Å². The van der Waals surface area contributed by atoms with Crippen LogP contribution in [0.3, 0.4) is 0 Å². The van der Waals surface area contributed by atoms with Crippen LogP contribution >= 0.6 is 0 Å². The minimum absolute atomic E-state index is 0.124. The molecule has 0 fully saturated rings. The third-order valence-electron chi connectivity index (χ3n) is 4.97. The van der Waals surface area contributed by atoms with Gasteiger partial charge in [0.25, 0.3) is 0 Å². The molecule has 118 valence electrons. The molecule has 1 unspecified atom stereocenters. The average molecular weight is 312 g/mol. The summed E-state index contributed by atoms with van der Waals surface area (Å²) in [5.74, 6) is 0.410. The van der Waals surface area contributed by atoms with Crippen molar-refractivity contribution in [3.05, 3.63) is 90.0 Å². The zero-order valence-electron chi connectivity index (χ0n) is 13.6. The maximum atomic E-state index is 12.4. The Kier molecular flexibility index (Phi) is 4.00. The fraction of sp³-hybridized carbons (Fsp3) is 0.174. The lowest BCUT2D eigenvalue weighted by Crippen LogP contribution is -2.08. The number of hydrogen-bond donors (Lipinski definition) is 0. The van der Waals surface area contributed by atoms with Crippen molar-refractivity contribution in [2.45, 2.75) is 19.3 Å². The van der Waals surface area contributed by atoms with Gasteiger partial charge in [0.15, 0.2) is 5.78 Å². The van der Waals surface area contributed by atoms with Gasteiger partial charge in [0, 0.05) is 5.92 Å². The number of ketones is 1. The maximum absolute atomic E-state index is 12.4. The third-order valence-corrected chi connectivity index (χ3v) is 4.97. The highest BCUT2D eigenvalue weighted by molar-refractivity contribution is 6.03. The molecule has 24 heavy (non-hydrogen) atoms. The molecule has 3 aromatic rings. The lowest BCUT2D eigenvalue weighted by atomic mass is 9.92. The first-order valence-electron chi connectivity index (χ1n) is 8.58. The van der Waals surface area contributed by atoms with Crippen molar-refractivity contribution in [1.82, 2.24) is 0 Å². The standard InChI is InChI=1S/C23H20O/c24-23-16-21(17-7-2-1-3-8-17)15-20(23)14-13-19-11-6-10-18-9-4-5-12-22(18)19/h1-12,16,20H,13-15H2. The number of hydrogen-bond acceptors (Lipinski definition) is 1. The van der Waals surface area contributed by atoms with E-state index >= 15 is 0 Å². The van der Waals surface area contributed by atoms with E-state index in [0.717, 1.165) is 19.3 Å². The fourth-order valence-electron chi connectivity index (χ4n) is 3.65. The Balaban J connectivity index is 1.48. The minimum Gasteiger partial charge on any atom is -0.295 e. The summed E-state index contributed by atoms with van der Waals surface area (Å²) in [4.78, 5) is 12.4. The van der Waals surface area contributed by atoms with Crippen molar-refractivity contribution in [1.29, 1.82) is 0 Å². The number of fused-ring (bicyclic) bond motifs is 1. The molecule has 0 heterocycles. The number of rotatable bonds is 4. The van der Waals surface area contributed by atoms with Gasteiger partial charge in [0.1, 0.15) is 0 Å². The topological polar surface area (TPSA) is 17.1 Å². The van der Waals surface area contributed by atoms with Gasteiger partial charge in [0.2, 0.25) is 0 Å². The lowest BCUT2D eigenvalue weighted by molar-refractivity contribution is -0.117. The van der Waals surface area contributed by atoms with Gasteiger partial charge in [-0.15, -0.1) is 0 Å². The van der Waals surface area contributed by atoms with Crippen molar-refractivity contribution < 1.29 is 4.79 Å². The largest absolute Gasteiger partial charge is 0.295 e. The summed E-state index contributed by atoms with van der Waals surface area (Å²) in [6.07, 6.45) is 4.59. The van der Waals surface area contributed by atoms with Crippen LogP contribution in [0.2, 0.25) is 0 Å². The molecule has 1 nitrogen and oxygen atoms in total. The summed E-state index contributed by atoms with van der Waals surface area (Å²) >= 11 is 0. The Morgan fingerprint density at radius 1 is 0.833 bits per heavy atom. The molecule has 0 N–H and O–H groups in total. The van der Waals surface area contributed by atoms with Crippen molar-refractivity contribution in [2.24, 2.45) is 5.92 Å². The highest BCUT2D eigenvalue weighted by Crippen LogP contribution is 2.33. The zero-order chi connectivity index (χ0) is 16.4. The normalized spacial score (nSPS) is 17.2. The Bertz CT molecular complexity index is 900. The van der Waals surface area contributed by atoms with Crippen LogP contribution in [-0.4, -0.2) is 5.78 Å². The molecule has 1 aliphatic carbocycles. The molecule has 0 spiro atoms. The van der Waals surface area contributed by atoms with Crippen LogP contribution in [0.1, 0.15) is 24.0 Å². The minimum atomic E-state index is 0.124. The molecule has 1 aliphatic rings. The van der Waals surface area contributed by atoms with Crippen LogP contribution in [0, 0.1) is 5.92 Å². The summed E-state index contributed by atoms with van der Waals surface area (Å²) in [6, 6.07) is 25.2. The van der Waals surface area contributed by atoms with Gasteiger partial charge in [-0.3, -0.25) is 4.79 Å². The molecule has 0 radical (unpaired) electrons. The Hall–Kier alpha value is -2.67. The van der Waals surface area contributed by atoms with E-state index in [1.807, 2.05) is 24.3 Å². The number of carbonyl (C=O) groups excluding carboxylic acids is 1. The summed E-state index contributed by atoms with van der Waals surface area (Å²) in [5, 5.41) is 2.58. The van der Waals surface area contributed by atoms with Crippen molar-refractivity contribution in [3.63, 3.8) is 0 Å². The maximum Gasteiger partial charge on any atom is 0.159 e. The third kappa shape index (κ3) is 2.90. The molecular weight excluding hydrogens is 292 g/mol. The van der Waals surface area contributed by atoms with Gasteiger partial charge in [-0.2, -0.15) is 0 Å². The molecule has 0 aliphatic heterocycles. The summed E-state index contributed by atoms with van der Waals surface area (Å²) in [7, 11) is 0. The van der Waals surface area contributed by atoms with E-state index in [2.05, 4.69) is 54.6 Å². The van der Waals surface area contributed by atoms with E-state index in [4.69, 9.17) is 0 Å². The van der Waals surface area contributed by atoms with Crippen LogP contribution in [-0.2, 0) is 11.2 Å². The molecule has 1 atom stereocenters. The molecule has 1 heteroatoms. The first-order chi connectivity index (χ1) is 11.8. The van der Waals surface area contributed by atoms with E-state index in [1.54, 1.807) is 0 Å². The molecule has 3 aromatic carbocycles. The molecule has 0 saturated carbocycles. The summed E-state index contributed by atoms with van der Waals surface area (Å²) in [5.41, 5.74) is 3.70. The van der Waals surface area contributed by atoms with Crippen LogP contribution in [0.25, 0.3) is 16.3 Å². The van der Waals surface area contributed by atoms with Gasteiger partial charge in [-0.05, 0) is 52.8 Å². The average Bonchev–Trinajstić information content (AvgIpc) is 3.01. The van der Waals surface area contributed by atoms with Crippen LogP contribution in [0.4, 0.5) is 0 Å². The first-order valence-corrected chi connectivity index (χ1v) is 8.58. The SMILES string of the molecule is O=C1C=C(c2ccccc2)CC1CCc1cccc2ccccc12. The number of allylic oxidation sites excluding steroid dienone is 2. The van der Waals surface area contributed by atoms with Gasteiger partial charge < -0.3 is 0 Å². The number of carbonyl (C=O) groups is 1. The molecule has 0 saturated heterocycles. The summed E-state index contributed by atoms with van der Waals surface area (Å²) in [6.45, 7) is 0. The van der Waals surface area contributed by atoms with E-state index in [-0.39, 0.29) is 11.7 Å². The number of aryl methyl sites for hydroxylation is 1. The highest BCUT2D eigenvalue weighted by Gasteiger charge is 2.25. The van der Waals surface area contributed by atoms with Crippen molar-refractivity contribution in [2.75, 3.05) is 0 Å². The summed E-state index contributed by atoms with van der Waals surface area (Å²) < 4.78 is 0. The van der Waals surface area contributed by atoms with Crippen molar-refractivity contribution >= 4 is 22.1 Å². The number of benzene rings is 3. The van der Waals surface area contributed by atoms with Gasteiger partial charge in [-0.25, -0.2) is 0 Å². The molecular formula is C23H20O. The van der Waals surface area contributed by atoms with Crippen molar-refractivity contribution in [3.8, 4) is 0 Å². The molecule has 0 aromatic heterocycles. The monoisotopic (exact) mass is 312 g/mol.